The normalized spacial score (nSPS) is 18.9. The van der Waals surface area contributed by atoms with Gasteiger partial charge in [0.1, 0.15) is 17.6 Å². The van der Waals surface area contributed by atoms with E-state index in [2.05, 4.69) is 21.2 Å². The van der Waals surface area contributed by atoms with Crippen molar-refractivity contribution >= 4 is 22.0 Å². The molecule has 150 valence electrons. The number of amides is 1. The maximum absolute atomic E-state index is 11.8. The number of hydrogen-bond donors (Lipinski definition) is 1. The lowest BCUT2D eigenvalue weighted by Gasteiger charge is -2.35. The number of carbonyl (C=O) groups excluding carboxylic acids is 1. The number of halogens is 1. The summed E-state index contributed by atoms with van der Waals surface area (Å²) in [6.45, 7) is 6.27. The van der Waals surface area contributed by atoms with Gasteiger partial charge < -0.3 is 19.5 Å². The number of ether oxygens (including phenoxy) is 3. The van der Waals surface area contributed by atoms with Gasteiger partial charge in [-0.25, -0.2) is 4.79 Å². The van der Waals surface area contributed by atoms with Gasteiger partial charge in [-0.1, -0.05) is 40.2 Å². The van der Waals surface area contributed by atoms with Gasteiger partial charge in [-0.15, -0.1) is 0 Å². The number of carbonyl (C=O) groups is 1. The summed E-state index contributed by atoms with van der Waals surface area (Å²) in [7, 11) is 0. The van der Waals surface area contributed by atoms with E-state index < -0.39 is 0 Å². The van der Waals surface area contributed by atoms with Crippen LogP contribution in [-0.2, 0) is 16.1 Å². The van der Waals surface area contributed by atoms with E-state index in [1.165, 1.54) is 0 Å². The van der Waals surface area contributed by atoms with Crippen molar-refractivity contribution in [1.82, 2.24) is 5.32 Å². The maximum atomic E-state index is 11.8. The molecule has 2 aromatic rings. The molecule has 0 atom stereocenters. The summed E-state index contributed by atoms with van der Waals surface area (Å²) in [5, 5.41) is 2.80. The first kappa shape index (κ1) is 20.7. The highest BCUT2D eigenvalue weighted by Crippen LogP contribution is 2.31. The zero-order valence-corrected chi connectivity index (χ0v) is 18.0. The Labute approximate surface area is 174 Å². The Bertz CT molecular complexity index is 798. The molecule has 2 aromatic carbocycles. The van der Waals surface area contributed by atoms with Crippen LogP contribution in [0.2, 0.25) is 0 Å². The minimum absolute atomic E-state index is 0.0718. The van der Waals surface area contributed by atoms with Crippen molar-refractivity contribution in [1.29, 1.82) is 0 Å². The summed E-state index contributed by atoms with van der Waals surface area (Å²) in [5.74, 6) is 1.57. The Morgan fingerprint density at radius 2 is 1.79 bits per heavy atom. The molecule has 1 aliphatic rings. The van der Waals surface area contributed by atoms with Crippen molar-refractivity contribution in [2.24, 2.45) is 0 Å². The van der Waals surface area contributed by atoms with Crippen LogP contribution < -0.4 is 10.1 Å². The zero-order valence-electron chi connectivity index (χ0n) is 16.4. The molecule has 5 nitrogen and oxygen atoms in total. The number of benzene rings is 2. The van der Waals surface area contributed by atoms with E-state index in [9.17, 15) is 4.79 Å². The van der Waals surface area contributed by atoms with E-state index in [0.717, 1.165) is 34.4 Å². The predicted octanol–water partition coefficient (Wildman–Crippen LogP) is 5.81. The lowest BCUT2D eigenvalue weighted by molar-refractivity contribution is -0.0823. The third kappa shape index (κ3) is 6.24. The molecule has 1 N–H and O–H groups in total. The summed E-state index contributed by atoms with van der Waals surface area (Å²) in [6.07, 6.45) is 1.12. The number of rotatable bonds is 6. The average molecular weight is 448 g/mol. The largest absolute Gasteiger partial charge is 0.457 e. The Morgan fingerprint density at radius 1 is 1.07 bits per heavy atom. The van der Waals surface area contributed by atoms with Crippen LogP contribution in [0.15, 0.2) is 53.0 Å². The summed E-state index contributed by atoms with van der Waals surface area (Å²) < 4.78 is 18.1. The van der Waals surface area contributed by atoms with Gasteiger partial charge in [-0.05, 0) is 50.6 Å². The fraction of sp³-hybridized carbons (Fsp3) is 0.409. The quantitative estimate of drug-likeness (QED) is 0.606. The van der Waals surface area contributed by atoms with Gasteiger partial charge in [0, 0.05) is 22.9 Å². The Balaban J connectivity index is 1.42. The highest BCUT2D eigenvalue weighted by molar-refractivity contribution is 9.10. The molecule has 0 unspecified atom stereocenters. The number of nitrogens with one attached hydrogen (secondary N) is 1. The van der Waals surface area contributed by atoms with Gasteiger partial charge in [-0.2, -0.15) is 0 Å². The fourth-order valence-corrected chi connectivity index (χ4v) is 3.25. The molecule has 0 spiro atoms. The molecule has 6 heteroatoms. The second kappa shape index (κ2) is 8.97. The number of para-hydroxylation sites is 1. The maximum Gasteiger partial charge on any atom is 0.407 e. The number of hydrogen-bond acceptors (Lipinski definition) is 4. The molecule has 28 heavy (non-hydrogen) atoms. The summed E-state index contributed by atoms with van der Waals surface area (Å²) in [5.41, 5.74) is 0.759. The van der Waals surface area contributed by atoms with Crippen molar-refractivity contribution in [2.75, 3.05) is 0 Å². The van der Waals surface area contributed by atoms with Gasteiger partial charge in [0.2, 0.25) is 0 Å². The molecule has 3 rings (SSSR count). The van der Waals surface area contributed by atoms with Crippen LogP contribution >= 0.6 is 15.9 Å². The summed E-state index contributed by atoms with van der Waals surface area (Å²) in [6, 6.07) is 15.5. The summed E-state index contributed by atoms with van der Waals surface area (Å²) in [4.78, 5) is 11.8. The highest BCUT2D eigenvalue weighted by atomic mass is 79.9. The van der Waals surface area contributed by atoms with Gasteiger partial charge in [0.25, 0.3) is 0 Å². The van der Waals surface area contributed by atoms with E-state index in [-0.39, 0.29) is 23.8 Å². The SMILES string of the molecule is CC(C)(C)NC(=O)OC1CC(OCc2ccc(Oc3ccccc3)cc2Br)C1. The standard InChI is InChI=1S/C22H26BrNO4/c1-22(2,3)24-21(25)28-19-11-18(12-19)26-14-15-9-10-17(13-20(15)23)27-16-7-5-4-6-8-16/h4-10,13,18-19H,11-12,14H2,1-3H3,(H,24,25). The first-order valence-electron chi connectivity index (χ1n) is 9.40. The first-order chi connectivity index (χ1) is 13.3. The Kier molecular flexibility index (Phi) is 6.62. The molecule has 0 aliphatic heterocycles. The van der Waals surface area contributed by atoms with E-state index in [0.29, 0.717) is 6.61 Å². The second-order valence-electron chi connectivity index (χ2n) is 7.98. The van der Waals surface area contributed by atoms with E-state index in [1.807, 2.05) is 69.3 Å². The van der Waals surface area contributed by atoms with Gasteiger partial charge >= 0.3 is 6.09 Å². The van der Waals surface area contributed by atoms with Crippen molar-refractivity contribution in [3.63, 3.8) is 0 Å². The topological polar surface area (TPSA) is 56.8 Å². The fourth-order valence-electron chi connectivity index (χ4n) is 2.78. The first-order valence-corrected chi connectivity index (χ1v) is 10.2. The van der Waals surface area contributed by atoms with Crippen LogP contribution in [-0.4, -0.2) is 23.8 Å². The second-order valence-corrected chi connectivity index (χ2v) is 8.83. The minimum Gasteiger partial charge on any atom is -0.457 e. The predicted molar refractivity (Wildman–Crippen MR) is 112 cm³/mol. The molecular formula is C22H26BrNO4. The van der Waals surface area contributed by atoms with E-state index in [1.54, 1.807) is 0 Å². The van der Waals surface area contributed by atoms with Crippen LogP contribution in [0.5, 0.6) is 11.5 Å². The van der Waals surface area contributed by atoms with Crippen molar-refractivity contribution in [3.8, 4) is 11.5 Å². The molecular weight excluding hydrogens is 422 g/mol. The molecule has 1 saturated carbocycles. The Hall–Kier alpha value is -2.05. The smallest absolute Gasteiger partial charge is 0.407 e. The van der Waals surface area contributed by atoms with Crippen molar-refractivity contribution < 1.29 is 19.0 Å². The zero-order chi connectivity index (χ0) is 20.1. The number of alkyl carbamates (subject to hydrolysis) is 1. The lowest BCUT2D eigenvalue weighted by atomic mass is 9.92. The molecule has 0 radical (unpaired) electrons. The average Bonchev–Trinajstić information content (AvgIpc) is 2.57. The molecule has 0 saturated heterocycles. The molecule has 1 amide bonds. The van der Waals surface area contributed by atoms with E-state index in [4.69, 9.17) is 14.2 Å². The third-order valence-corrected chi connectivity index (χ3v) is 5.02. The van der Waals surface area contributed by atoms with Crippen LogP contribution in [0.4, 0.5) is 4.79 Å². The van der Waals surface area contributed by atoms with Crippen LogP contribution in [0, 0.1) is 0 Å². The lowest BCUT2D eigenvalue weighted by Crippen LogP contribution is -2.46. The summed E-state index contributed by atoms with van der Waals surface area (Å²) >= 11 is 3.59. The minimum atomic E-state index is -0.368. The molecule has 1 aliphatic carbocycles. The monoisotopic (exact) mass is 447 g/mol. The van der Waals surface area contributed by atoms with Gasteiger partial charge in [0.15, 0.2) is 0 Å². The van der Waals surface area contributed by atoms with Gasteiger partial charge in [-0.3, -0.25) is 0 Å². The molecule has 0 bridgehead atoms. The van der Waals surface area contributed by atoms with Crippen LogP contribution in [0.25, 0.3) is 0 Å². The molecule has 0 heterocycles. The highest BCUT2D eigenvalue weighted by Gasteiger charge is 2.33. The van der Waals surface area contributed by atoms with Crippen molar-refractivity contribution in [3.05, 3.63) is 58.6 Å². The molecule has 0 aromatic heterocycles. The van der Waals surface area contributed by atoms with E-state index >= 15 is 0 Å². The van der Waals surface area contributed by atoms with Crippen molar-refractivity contribution in [2.45, 2.75) is 58.0 Å². The third-order valence-electron chi connectivity index (χ3n) is 4.28. The van der Waals surface area contributed by atoms with Crippen LogP contribution in [0.1, 0.15) is 39.2 Å². The van der Waals surface area contributed by atoms with Crippen LogP contribution in [0.3, 0.4) is 0 Å². The Morgan fingerprint density at radius 3 is 2.43 bits per heavy atom. The van der Waals surface area contributed by atoms with Gasteiger partial charge in [0.05, 0.1) is 12.7 Å². The molecule has 1 fully saturated rings.